The van der Waals surface area contributed by atoms with Crippen molar-refractivity contribution in [1.29, 1.82) is 0 Å². The third-order valence-corrected chi connectivity index (χ3v) is 1.80. The first-order valence-corrected chi connectivity index (χ1v) is 4.99. The van der Waals surface area contributed by atoms with Gasteiger partial charge in [0.05, 0.1) is 13.2 Å². The maximum atomic E-state index is 11.4. The summed E-state index contributed by atoms with van der Waals surface area (Å²) >= 11 is 0. The Balaban J connectivity index is 4.03. The van der Waals surface area contributed by atoms with E-state index in [0.29, 0.717) is 13.0 Å². The summed E-state index contributed by atoms with van der Waals surface area (Å²) in [4.78, 5) is 22.7. The quantitative estimate of drug-likeness (QED) is 0.359. The van der Waals surface area contributed by atoms with Gasteiger partial charge in [0.25, 0.3) is 0 Å². The molecule has 0 aromatic heterocycles. The average molecular weight is 218 g/mol. The molecule has 0 aliphatic heterocycles. The minimum Gasteiger partial charge on any atom is -0.465 e. The van der Waals surface area contributed by atoms with Crippen LogP contribution in [0.3, 0.4) is 0 Å². The monoisotopic (exact) mass is 218 g/mol. The smallest absolute Gasteiger partial charge is 0.320 e. The summed E-state index contributed by atoms with van der Waals surface area (Å²) in [7, 11) is 1.51. The second-order valence-electron chi connectivity index (χ2n) is 2.87. The molecule has 0 aromatic carbocycles. The SMILES string of the molecule is CCOC(=O)C(CC)C(=O)OCCOC. The summed E-state index contributed by atoms with van der Waals surface area (Å²) in [5, 5.41) is 0. The van der Waals surface area contributed by atoms with Crippen LogP contribution in [0, 0.1) is 5.92 Å². The molecule has 0 heterocycles. The molecule has 0 aliphatic carbocycles. The van der Waals surface area contributed by atoms with Crippen LogP contribution in [0.15, 0.2) is 0 Å². The highest BCUT2D eigenvalue weighted by atomic mass is 16.6. The number of ether oxygens (including phenoxy) is 3. The van der Waals surface area contributed by atoms with Crippen molar-refractivity contribution in [2.24, 2.45) is 5.92 Å². The number of hydrogen-bond donors (Lipinski definition) is 0. The summed E-state index contributed by atoms with van der Waals surface area (Å²) < 4.78 is 14.3. The lowest BCUT2D eigenvalue weighted by molar-refractivity contribution is -0.162. The Morgan fingerprint density at radius 3 is 2.13 bits per heavy atom. The van der Waals surface area contributed by atoms with E-state index in [1.54, 1.807) is 13.8 Å². The van der Waals surface area contributed by atoms with Crippen molar-refractivity contribution in [3.05, 3.63) is 0 Å². The maximum Gasteiger partial charge on any atom is 0.320 e. The number of esters is 2. The molecule has 0 aliphatic rings. The number of rotatable bonds is 7. The minimum absolute atomic E-state index is 0.158. The molecule has 0 spiro atoms. The van der Waals surface area contributed by atoms with Gasteiger partial charge in [-0.2, -0.15) is 0 Å². The summed E-state index contributed by atoms with van der Waals surface area (Å²) in [6.07, 6.45) is 0.380. The standard InChI is InChI=1S/C10H18O5/c1-4-8(9(11)14-5-2)10(12)15-7-6-13-3/h8H,4-7H2,1-3H3. The van der Waals surface area contributed by atoms with Gasteiger partial charge in [0, 0.05) is 7.11 Å². The molecule has 0 N–H and O–H groups in total. The zero-order chi connectivity index (χ0) is 11.7. The van der Waals surface area contributed by atoms with Gasteiger partial charge in [-0.3, -0.25) is 9.59 Å². The number of carbonyl (C=O) groups excluding carboxylic acids is 2. The molecule has 0 aromatic rings. The van der Waals surface area contributed by atoms with Crippen LogP contribution in [0.1, 0.15) is 20.3 Å². The van der Waals surface area contributed by atoms with E-state index >= 15 is 0 Å². The van der Waals surface area contributed by atoms with Crippen LogP contribution in [0.4, 0.5) is 0 Å². The molecule has 0 rings (SSSR count). The highest BCUT2D eigenvalue weighted by molar-refractivity contribution is 5.94. The summed E-state index contributed by atoms with van der Waals surface area (Å²) in [6.45, 7) is 4.18. The third kappa shape index (κ3) is 5.37. The van der Waals surface area contributed by atoms with Gasteiger partial charge in [-0.05, 0) is 13.3 Å². The predicted octanol–water partition coefficient (Wildman–Crippen LogP) is 0.765. The molecule has 1 atom stereocenters. The lowest BCUT2D eigenvalue weighted by atomic mass is 10.1. The van der Waals surface area contributed by atoms with Gasteiger partial charge in [0.1, 0.15) is 6.61 Å². The van der Waals surface area contributed by atoms with Gasteiger partial charge in [-0.1, -0.05) is 6.92 Å². The van der Waals surface area contributed by atoms with Crippen molar-refractivity contribution in [1.82, 2.24) is 0 Å². The predicted molar refractivity (Wildman–Crippen MR) is 53.2 cm³/mol. The summed E-state index contributed by atoms with van der Waals surface area (Å²) in [6, 6.07) is 0. The van der Waals surface area contributed by atoms with Gasteiger partial charge in [-0.15, -0.1) is 0 Å². The Morgan fingerprint density at radius 2 is 1.67 bits per heavy atom. The number of hydrogen-bond acceptors (Lipinski definition) is 5. The van der Waals surface area contributed by atoms with Gasteiger partial charge in [0.2, 0.25) is 0 Å². The molecule has 0 saturated carbocycles. The summed E-state index contributed by atoms with van der Waals surface area (Å²) in [5.74, 6) is -1.89. The Morgan fingerprint density at radius 1 is 1.07 bits per heavy atom. The van der Waals surface area contributed by atoms with E-state index in [0.717, 1.165) is 0 Å². The molecule has 0 saturated heterocycles. The zero-order valence-corrected chi connectivity index (χ0v) is 9.45. The van der Waals surface area contributed by atoms with E-state index in [1.807, 2.05) is 0 Å². The van der Waals surface area contributed by atoms with Gasteiger partial charge in [-0.25, -0.2) is 0 Å². The highest BCUT2D eigenvalue weighted by Crippen LogP contribution is 2.07. The topological polar surface area (TPSA) is 61.8 Å². The van der Waals surface area contributed by atoms with E-state index < -0.39 is 17.9 Å². The molecule has 88 valence electrons. The molecule has 0 fully saturated rings. The molecule has 1 unspecified atom stereocenters. The van der Waals surface area contributed by atoms with Gasteiger partial charge < -0.3 is 14.2 Å². The average Bonchev–Trinajstić information content (AvgIpc) is 2.19. The normalized spacial score (nSPS) is 11.9. The molecule has 5 heteroatoms. The Bertz CT molecular complexity index is 202. The molecule has 0 bridgehead atoms. The zero-order valence-electron chi connectivity index (χ0n) is 9.45. The van der Waals surface area contributed by atoms with Crippen LogP contribution in [-0.4, -0.2) is 38.9 Å². The largest absolute Gasteiger partial charge is 0.465 e. The molecular weight excluding hydrogens is 200 g/mol. The van der Waals surface area contributed by atoms with Gasteiger partial charge in [0.15, 0.2) is 5.92 Å². The Kier molecular flexibility index (Phi) is 7.62. The van der Waals surface area contributed by atoms with E-state index in [1.165, 1.54) is 7.11 Å². The molecular formula is C10H18O5. The van der Waals surface area contributed by atoms with Crippen molar-refractivity contribution < 1.29 is 23.8 Å². The van der Waals surface area contributed by atoms with Crippen LogP contribution >= 0.6 is 0 Å². The first-order chi connectivity index (χ1) is 7.17. The lowest BCUT2D eigenvalue weighted by Crippen LogP contribution is -2.28. The first-order valence-electron chi connectivity index (χ1n) is 4.99. The second kappa shape index (κ2) is 8.23. The first kappa shape index (κ1) is 13.9. The van der Waals surface area contributed by atoms with Crippen LogP contribution in [0.2, 0.25) is 0 Å². The minimum atomic E-state index is -0.818. The Hall–Kier alpha value is -1.10. The number of carbonyl (C=O) groups is 2. The van der Waals surface area contributed by atoms with Crippen molar-refractivity contribution in [3.8, 4) is 0 Å². The van der Waals surface area contributed by atoms with Crippen LogP contribution in [0.5, 0.6) is 0 Å². The summed E-state index contributed by atoms with van der Waals surface area (Å²) in [5.41, 5.74) is 0. The van der Waals surface area contributed by atoms with Crippen molar-refractivity contribution in [3.63, 3.8) is 0 Å². The molecule has 15 heavy (non-hydrogen) atoms. The molecule has 5 nitrogen and oxygen atoms in total. The van der Waals surface area contributed by atoms with Crippen LogP contribution in [-0.2, 0) is 23.8 Å². The lowest BCUT2D eigenvalue weighted by Gasteiger charge is -2.12. The van der Waals surface area contributed by atoms with E-state index in [-0.39, 0.29) is 13.2 Å². The van der Waals surface area contributed by atoms with Crippen LogP contribution in [0.25, 0.3) is 0 Å². The maximum absolute atomic E-state index is 11.4. The van der Waals surface area contributed by atoms with E-state index in [4.69, 9.17) is 14.2 Å². The van der Waals surface area contributed by atoms with Crippen molar-refractivity contribution in [2.45, 2.75) is 20.3 Å². The second-order valence-corrected chi connectivity index (χ2v) is 2.87. The fourth-order valence-electron chi connectivity index (χ4n) is 0.999. The van der Waals surface area contributed by atoms with Crippen molar-refractivity contribution in [2.75, 3.05) is 26.9 Å². The van der Waals surface area contributed by atoms with Crippen LogP contribution < -0.4 is 0 Å². The number of methoxy groups -OCH3 is 1. The molecule has 0 radical (unpaired) electrons. The molecule has 0 amide bonds. The highest BCUT2D eigenvalue weighted by Gasteiger charge is 2.27. The van der Waals surface area contributed by atoms with E-state index in [9.17, 15) is 9.59 Å². The van der Waals surface area contributed by atoms with Crippen molar-refractivity contribution >= 4 is 11.9 Å². The Labute approximate surface area is 89.7 Å². The van der Waals surface area contributed by atoms with Gasteiger partial charge >= 0.3 is 11.9 Å². The van der Waals surface area contributed by atoms with E-state index in [2.05, 4.69) is 0 Å². The third-order valence-electron chi connectivity index (χ3n) is 1.80. The fourth-order valence-corrected chi connectivity index (χ4v) is 0.999. The fraction of sp³-hybridized carbons (Fsp3) is 0.800.